The molecule has 4 fully saturated rings. The number of hydrogen-bond donors (Lipinski definition) is 0. The van der Waals surface area contributed by atoms with E-state index in [1.165, 1.54) is 180 Å². The van der Waals surface area contributed by atoms with Gasteiger partial charge in [-0.3, -0.25) is 0 Å². The molecule has 0 aromatic heterocycles. The van der Waals surface area contributed by atoms with Crippen molar-refractivity contribution in [2.24, 2.45) is 62.6 Å². The first-order chi connectivity index (χ1) is 40.1. The Morgan fingerprint density at radius 2 is 0.609 bits per heavy atom. The van der Waals surface area contributed by atoms with Crippen LogP contribution in [-0.2, 0) is 0 Å². The number of unbranched alkanes of at least 4 members (excludes halogenated alkanes) is 3. The number of hydrogen-bond acceptors (Lipinski definition) is 0. The molecule has 0 spiro atoms. The quantitative estimate of drug-likeness (QED) is 0.193. The Labute approximate surface area is 561 Å². The molecule has 0 aromatic carbocycles. The fourth-order valence-corrected chi connectivity index (χ4v) is 7.13. The largest absolute Gasteiger partial charge is 0.394 e. The predicted octanol–water partition coefficient (Wildman–Crippen LogP) is 34.7. The zero-order valence-corrected chi connectivity index (χ0v) is 69.9. The second-order valence-electron chi connectivity index (χ2n) is 31.3. The summed E-state index contributed by atoms with van der Waals surface area (Å²) < 4.78 is 37.2. The number of halogens is 3. The Morgan fingerprint density at radius 3 is 0.701 bits per heavy atom. The van der Waals surface area contributed by atoms with Gasteiger partial charge in [0.05, 0.1) is 5.41 Å². The molecule has 0 radical (unpaired) electrons. The molecule has 4 saturated carbocycles. The topological polar surface area (TPSA) is 0 Å². The lowest BCUT2D eigenvalue weighted by atomic mass is 9.83. The minimum atomic E-state index is -3.97. The lowest BCUT2D eigenvalue weighted by molar-refractivity contribution is -0.223. The molecule has 4 aliphatic rings. The monoisotopic (exact) mass is 1260 g/mol. The standard InChI is InChI=1S/C8H13F3.2C8H16.C7H14.3C6H14.4C5H12.2C4H10.C3H8.2C2H6/c1-2-7(8(9,10)11)5-3-4-6-7;1-3-8(2)6-4-5-7-8;1-2-8-6-4-3-5-7-8;1-2-7-5-3-4-6-7;2*1-5-6(2,3)4;1-4-6(3)5-2;1-5(2,3)4;2*1-4-5(2)3;1-3-5-4-2;1-4(2)3;1-3-4-2;1-3-2;2*1-2/h2-6H2,1H3;3-7H2,1-2H3;8H,2-7H2,1H3;7H,2-6H2,1H3;2*5H2,1-4H3;6H,4-5H2,1-3H3;1-4H3;2*5H,4H2,1-3H3;3-5H2,1-2H3;4H,1-3H3;3-4H2,1-2H3;3H2,1-2H3;2*1-2H3. The minimum absolute atomic E-state index is 0.247. The second kappa shape index (κ2) is 81.9. The summed E-state index contributed by atoms with van der Waals surface area (Å²) in [6.07, 6.45) is 37.9. The first kappa shape index (κ1) is 114. The average molecular weight is 1260 g/mol. The summed E-state index contributed by atoms with van der Waals surface area (Å²) in [7, 11) is 0. The van der Waals surface area contributed by atoms with Crippen LogP contribution in [0.5, 0.6) is 0 Å². The van der Waals surface area contributed by atoms with Gasteiger partial charge in [0, 0.05) is 0 Å². The highest BCUT2D eigenvalue weighted by Crippen LogP contribution is 2.52. The van der Waals surface area contributed by atoms with Gasteiger partial charge in [-0.15, -0.1) is 0 Å². The Balaban J connectivity index is -0.0000000701. The van der Waals surface area contributed by atoms with Crippen molar-refractivity contribution in [3.05, 3.63) is 0 Å². The minimum Gasteiger partial charge on any atom is -0.171 e. The van der Waals surface area contributed by atoms with Crippen LogP contribution in [0.25, 0.3) is 0 Å². The van der Waals surface area contributed by atoms with Gasteiger partial charge in [0.2, 0.25) is 0 Å². The first-order valence-electron chi connectivity index (χ1n) is 39.2. The fraction of sp³-hybridized carbons (Fsp3) is 1.00. The van der Waals surface area contributed by atoms with Crippen LogP contribution < -0.4 is 0 Å². The fourth-order valence-electron chi connectivity index (χ4n) is 7.13. The van der Waals surface area contributed by atoms with Gasteiger partial charge in [0.15, 0.2) is 0 Å². The molecule has 0 N–H and O–H groups in total. The van der Waals surface area contributed by atoms with E-state index in [4.69, 9.17) is 0 Å². The van der Waals surface area contributed by atoms with Crippen molar-refractivity contribution in [3.8, 4) is 0 Å². The van der Waals surface area contributed by atoms with Crippen LogP contribution in [0.3, 0.4) is 0 Å². The summed E-state index contributed by atoms with van der Waals surface area (Å²) in [5, 5.41) is 0. The summed E-state index contributed by atoms with van der Waals surface area (Å²) in [6, 6.07) is 0. The van der Waals surface area contributed by atoms with Crippen molar-refractivity contribution in [3.63, 3.8) is 0 Å². The third kappa shape index (κ3) is 127. The molecule has 0 atom stereocenters. The van der Waals surface area contributed by atoms with Crippen LogP contribution in [0, 0.1) is 62.6 Å². The molecule has 0 heterocycles. The van der Waals surface area contributed by atoms with Crippen LogP contribution >= 0.6 is 0 Å². The predicted molar refractivity (Wildman–Crippen MR) is 413 cm³/mol. The van der Waals surface area contributed by atoms with E-state index in [0.717, 1.165) is 53.8 Å². The summed E-state index contributed by atoms with van der Waals surface area (Å²) in [6.45, 7) is 85.2. The summed E-state index contributed by atoms with van der Waals surface area (Å²) in [4.78, 5) is 0. The highest BCUT2D eigenvalue weighted by atomic mass is 19.4. The maximum Gasteiger partial charge on any atom is 0.394 e. The molecule has 0 bridgehead atoms. The molecular formula is C84H189F3. The highest BCUT2D eigenvalue weighted by molar-refractivity contribution is 4.89. The van der Waals surface area contributed by atoms with Crippen molar-refractivity contribution in [1.82, 2.24) is 0 Å². The number of alkyl halides is 3. The Morgan fingerprint density at radius 1 is 0.379 bits per heavy atom. The maximum absolute atomic E-state index is 12.4. The van der Waals surface area contributed by atoms with Crippen LogP contribution in [0.15, 0.2) is 0 Å². The van der Waals surface area contributed by atoms with Crippen molar-refractivity contribution in [2.75, 3.05) is 0 Å². The smallest absolute Gasteiger partial charge is 0.171 e. The normalized spacial score (nSPS) is 15.2. The van der Waals surface area contributed by atoms with E-state index < -0.39 is 11.6 Å². The van der Waals surface area contributed by atoms with Crippen LogP contribution in [0.1, 0.15) is 482 Å². The van der Waals surface area contributed by atoms with E-state index in [0.29, 0.717) is 29.1 Å². The lowest BCUT2D eigenvalue weighted by Crippen LogP contribution is -2.34. The lowest BCUT2D eigenvalue weighted by Gasteiger charge is -2.29. The van der Waals surface area contributed by atoms with Crippen LogP contribution in [0.4, 0.5) is 13.2 Å². The van der Waals surface area contributed by atoms with Gasteiger partial charge >= 0.3 is 6.18 Å². The zero-order valence-electron chi connectivity index (χ0n) is 69.9. The van der Waals surface area contributed by atoms with Crippen LogP contribution in [0.2, 0.25) is 0 Å². The number of rotatable bonds is 11. The molecule has 0 nitrogen and oxygen atoms in total. The Kier molecular flexibility index (Phi) is 107. The first-order valence-corrected chi connectivity index (χ1v) is 39.2. The highest BCUT2D eigenvalue weighted by Gasteiger charge is 2.54. The van der Waals surface area contributed by atoms with E-state index in [1.807, 2.05) is 27.7 Å². The summed E-state index contributed by atoms with van der Waals surface area (Å²) in [5.74, 6) is 5.72. The molecule has 0 aliphatic heterocycles. The summed E-state index contributed by atoms with van der Waals surface area (Å²) in [5.41, 5.74) is 0.993. The van der Waals surface area contributed by atoms with Crippen molar-refractivity contribution >= 4 is 0 Å². The maximum atomic E-state index is 12.4. The van der Waals surface area contributed by atoms with Gasteiger partial charge in [-0.2, -0.15) is 13.2 Å². The third-order valence-corrected chi connectivity index (χ3v) is 16.2. The van der Waals surface area contributed by atoms with Gasteiger partial charge in [0.25, 0.3) is 0 Å². The van der Waals surface area contributed by atoms with Gasteiger partial charge in [-0.05, 0) is 89.3 Å². The van der Waals surface area contributed by atoms with Crippen molar-refractivity contribution in [1.29, 1.82) is 0 Å². The molecule has 4 aliphatic carbocycles. The van der Waals surface area contributed by atoms with Crippen LogP contribution in [-0.4, -0.2) is 6.18 Å². The zero-order chi connectivity index (χ0) is 71.8. The Hall–Kier alpha value is -0.210. The van der Waals surface area contributed by atoms with Gasteiger partial charge in [-0.1, -0.05) is 450 Å². The van der Waals surface area contributed by atoms with Crippen molar-refractivity contribution < 1.29 is 13.2 Å². The van der Waals surface area contributed by atoms with Crippen molar-refractivity contribution in [2.45, 2.75) is 488 Å². The van der Waals surface area contributed by atoms with E-state index >= 15 is 0 Å². The molecule has 0 unspecified atom stereocenters. The van der Waals surface area contributed by atoms with E-state index in [-0.39, 0.29) is 6.42 Å². The molecule has 87 heavy (non-hydrogen) atoms. The molecule has 0 saturated heterocycles. The molecule has 4 rings (SSSR count). The Bertz CT molecular complexity index is 1030. The van der Waals surface area contributed by atoms with Gasteiger partial charge in [0.1, 0.15) is 0 Å². The molecule has 546 valence electrons. The van der Waals surface area contributed by atoms with E-state index in [9.17, 15) is 13.2 Å². The van der Waals surface area contributed by atoms with E-state index in [2.05, 4.69) is 235 Å². The van der Waals surface area contributed by atoms with Gasteiger partial charge < -0.3 is 0 Å². The summed E-state index contributed by atoms with van der Waals surface area (Å²) >= 11 is 0. The molecule has 3 heteroatoms. The molecular weight excluding hydrogens is 1070 g/mol. The van der Waals surface area contributed by atoms with E-state index in [1.54, 1.807) is 6.92 Å². The van der Waals surface area contributed by atoms with Gasteiger partial charge in [-0.25, -0.2) is 0 Å². The second-order valence-corrected chi connectivity index (χ2v) is 31.3. The average Bonchev–Trinajstić information content (AvgIpc) is 4.37. The molecule has 0 amide bonds. The molecule has 0 aromatic rings. The third-order valence-electron chi connectivity index (χ3n) is 16.2. The SMILES string of the molecule is CC.CC.CC(C)(C)C.CC(C)C.CCC.CCC(C)(C)C.CCC(C)(C)C.CCC(C)C.CCC(C)C.CCC(C)CC.CCC1(C(F)(F)F)CCCC1.CCC1(C)CCCC1.CCC1CCCC1.CCC1CCCCC1.CCCC.CCCCC.